The summed E-state index contributed by atoms with van der Waals surface area (Å²) in [6.45, 7) is 3.60. The molecule has 0 aliphatic rings. The SMILES string of the molecule is CN[C@@H](CCCCNC(=O)C[C@H](NI)C(C)=O)C(C)=O. The van der Waals surface area contributed by atoms with Crippen LogP contribution in [0.25, 0.3) is 0 Å². The first-order valence-corrected chi connectivity index (χ1v) is 7.81. The molecule has 0 radical (unpaired) electrons. The fraction of sp³-hybridized carbons (Fsp3) is 0.769. The van der Waals surface area contributed by atoms with Gasteiger partial charge in [0.1, 0.15) is 11.6 Å². The molecule has 0 rings (SSSR count). The number of carbonyl (C=O) groups excluding carboxylic acids is 3. The van der Waals surface area contributed by atoms with E-state index in [4.69, 9.17) is 0 Å². The Bertz CT molecular complexity index is 337. The van der Waals surface area contributed by atoms with Crippen molar-refractivity contribution < 1.29 is 14.4 Å². The van der Waals surface area contributed by atoms with E-state index in [1.807, 2.05) is 22.9 Å². The summed E-state index contributed by atoms with van der Waals surface area (Å²) in [6.07, 6.45) is 2.61. The van der Waals surface area contributed by atoms with Crippen LogP contribution in [0.15, 0.2) is 0 Å². The third kappa shape index (κ3) is 8.60. The molecule has 2 atom stereocenters. The van der Waals surface area contributed by atoms with Gasteiger partial charge in [-0.1, -0.05) is 0 Å². The third-order valence-electron chi connectivity index (χ3n) is 3.09. The molecule has 0 heterocycles. The highest BCUT2D eigenvalue weighted by Gasteiger charge is 2.16. The second-order valence-electron chi connectivity index (χ2n) is 4.77. The first-order chi connectivity index (χ1) is 9.42. The van der Waals surface area contributed by atoms with Crippen LogP contribution in [0.1, 0.15) is 39.5 Å². The predicted octanol–water partition coefficient (Wildman–Crippen LogP) is 0.737. The molecule has 0 spiro atoms. The number of rotatable bonds is 11. The largest absolute Gasteiger partial charge is 0.356 e. The molecule has 0 unspecified atom stereocenters. The summed E-state index contributed by atoms with van der Waals surface area (Å²) in [5.74, 6) is -0.0482. The Hall–Kier alpha value is -0.540. The minimum atomic E-state index is -0.429. The molecule has 7 heteroatoms. The second kappa shape index (κ2) is 11.2. The first-order valence-electron chi connectivity index (χ1n) is 6.73. The van der Waals surface area contributed by atoms with E-state index in [2.05, 4.69) is 14.2 Å². The number of ketones is 2. The summed E-state index contributed by atoms with van der Waals surface area (Å²) in [5, 5.41) is 5.75. The van der Waals surface area contributed by atoms with Crippen LogP contribution in [0, 0.1) is 0 Å². The van der Waals surface area contributed by atoms with Gasteiger partial charge in [0, 0.05) is 35.8 Å². The number of carbonyl (C=O) groups is 3. The fourth-order valence-corrected chi connectivity index (χ4v) is 2.43. The highest BCUT2D eigenvalue weighted by atomic mass is 127. The van der Waals surface area contributed by atoms with Crippen molar-refractivity contribution in [2.45, 2.75) is 51.6 Å². The van der Waals surface area contributed by atoms with Gasteiger partial charge < -0.3 is 10.6 Å². The quantitative estimate of drug-likeness (QED) is 0.272. The number of unbranched alkanes of at least 4 members (excludes halogenated alkanes) is 1. The Morgan fingerprint density at radius 2 is 1.65 bits per heavy atom. The van der Waals surface area contributed by atoms with Gasteiger partial charge in [-0.05, 0) is 40.2 Å². The second-order valence-corrected chi connectivity index (χ2v) is 5.40. The number of Topliss-reactive ketones (excluding diaryl/α,β-unsaturated/α-hetero) is 2. The van der Waals surface area contributed by atoms with E-state index >= 15 is 0 Å². The molecule has 0 saturated heterocycles. The van der Waals surface area contributed by atoms with Crippen molar-refractivity contribution in [2.24, 2.45) is 0 Å². The molecule has 0 aromatic carbocycles. The van der Waals surface area contributed by atoms with Gasteiger partial charge in [0.25, 0.3) is 0 Å². The van der Waals surface area contributed by atoms with Gasteiger partial charge in [-0.15, -0.1) is 0 Å². The number of hydrogen-bond acceptors (Lipinski definition) is 5. The van der Waals surface area contributed by atoms with E-state index in [0.29, 0.717) is 6.54 Å². The third-order valence-corrected chi connectivity index (χ3v) is 3.84. The van der Waals surface area contributed by atoms with E-state index in [1.165, 1.54) is 6.92 Å². The zero-order valence-corrected chi connectivity index (χ0v) is 14.5. The zero-order chi connectivity index (χ0) is 15.5. The lowest BCUT2D eigenvalue weighted by molar-refractivity contribution is -0.125. The summed E-state index contributed by atoms with van der Waals surface area (Å²) < 4.78 is 2.78. The monoisotopic (exact) mass is 397 g/mol. The van der Waals surface area contributed by atoms with Crippen LogP contribution >= 0.6 is 22.9 Å². The zero-order valence-electron chi connectivity index (χ0n) is 12.3. The van der Waals surface area contributed by atoms with Crippen LogP contribution in [0.3, 0.4) is 0 Å². The number of hydrogen-bond donors (Lipinski definition) is 3. The molecule has 0 aromatic rings. The smallest absolute Gasteiger partial charge is 0.222 e. The summed E-state index contributed by atoms with van der Waals surface area (Å²) in [5.41, 5.74) is 0. The summed E-state index contributed by atoms with van der Waals surface area (Å²) in [4.78, 5) is 34.0. The van der Waals surface area contributed by atoms with E-state index in [-0.39, 0.29) is 29.9 Å². The lowest BCUT2D eigenvalue weighted by atomic mass is 10.1. The summed E-state index contributed by atoms with van der Waals surface area (Å²) in [7, 11) is 1.77. The van der Waals surface area contributed by atoms with Crippen molar-refractivity contribution in [3.63, 3.8) is 0 Å². The van der Waals surface area contributed by atoms with Gasteiger partial charge in [0.2, 0.25) is 5.91 Å². The molecule has 0 aromatic heterocycles. The van der Waals surface area contributed by atoms with Crippen molar-refractivity contribution in [2.75, 3.05) is 13.6 Å². The van der Waals surface area contributed by atoms with E-state index in [1.54, 1.807) is 14.0 Å². The van der Waals surface area contributed by atoms with Crippen LogP contribution in [0.2, 0.25) is 0 Å². The minimum Gasteiger partial charge on any atom is -0.356 e. The first kappa shape index (κ1) is 19.5. The molecule has 3 N–H and O–H groups in total. The van der Waals surface area contributed by atoms with Gasteiger partial charge in [-0.25, -0.2) is 0 Å². The molecule has 0 aliphatic carbocycles. The number of likely N-dealkylation sites (N-methyl/N-ethyl adjacent to an activating group) is 1. The molecule has 6 nitrogen and oxygen atoms in total. The lowest BCUT2D eigenvalue weighted by Gasteiger charge is -2.13. The van der Waals surface area contributed by atoms with Crippen molar-refractivity contribution in [3.05, 3.63) is 0 Å². The molecule has 20 heavy (non-hydrogen) atoms. The highest BCUT2D eigenvalue weighted by molar-refractivity contribution is 14.1. The van der Waals surface area contributed by atoms with Crippen molar-refractivity contribution in [1.29, 1.82) is 0 Å². The standard InChI is InChI=1S/C13H24IN3O3/c1-9(18)11(15-3)6-4-5-7-16-13(20)8-12(17-14)10(2)19/h11-12,15,17H,4-8H2,1-3H3,(H,16,20)/t11-,12-/m0/s1. The molecule has 0 bridgehead atoms. The van der Waals surface area contributed by atoms with E-state index in [0.717, 1.165) is 19.3 Å². The van der Waals surface area contributed by atoms with E-state index < -0.39 is 6.04 Å². The van der Waals surface area contributed by atoms with Crippen molar-refractivity contribution in [3.8, 4) is 0 Å². The molecule has 0 saturated carbocycles. The maximum absolute atomic E-state index is 11.6. The minimum absolute atomic E-state index is 0.0483. The lowest BCUT2D eigenvalue weighted by Crippen LogP contribution is -2.36. The number of halogens is 1. The molecule has 116 valence electrons. The van der Waals surface area contributed by atoms with Gasteiger partial charge in [-0.3, -0.25) is 17.9 Å². The van der Waals surface area contributed by atoms with Crippen molar-refractivity contribution in [1.82, 2.24) is 14.2 Å². The predicted molar refractivity (Wildman–Crippen MR) is 86.6 cm³/mol. The van der Waals surface area contributed by atoms with Crippen molar-refractivity contribution >= 4 is 40.3 Å². The number of nitrogens with one attached hydrogen (secondary N) is 3. The van der Waals surface area contributed by atoms with Crippen LogP contribution in [-0.4, -0.2) is 43.1 Å². The Labute approximate surface area is 134 Å². The Morgan fingerprint density at radius 1 is 1.05 bits per heavy atom. The maximum Gasteiger partial charge on any atom is 0.222 e. The van der Waals surface area contributed by atoms with Crippen LogP contribution in [0.4, 0.5) is 0 Å². The van der Waals surface area contributed by atoms with Gasteiger partial charge in [0.05, 0.1) is 12.1 Å². The Balaban J connectivity index is 3.77. The maximum atomic E-state index is 11.6. The molecular formula is C13H24IN3O3. The van der Waals surface area contributed by atoms with Crippen LogP contribution in [0.5, 0.6) is 0 Å². The van der Waals surface area contributed by atoms with E-state index in [9.17, 15) is 14.4 Å². The van der Waals surface area contributed by atoms with Gasteiger partial charge >= 0.3 is 0 Å². The molecule has 0 fully saturated rings. The molecule has 1 amide bonds. The average Bonchev–Trinajstić information content (AvgIpc) is 2.39. The molecular weight excluding hydrogens is 373 g/mol. The summed E-state index contributed by atoms with van der Waals surface area (Å²) in [6, 6.07) is -0.530. The Morgan fingerprint density at radius 3 is 2.10 bits per heavy atom. The molecule has 0 aliphatic heterocycles. The fourth-order valence-electron chi connectivity index (χ4n) is 1.77. The topological polar surface area (TPSA) is 87.3 Å². The van der Waals surface area contributed by atoms with Crippen LogP contribution in [-0.2, 0) is 14.4 Å². The number of amides is 1. The van der Waals surface area contributed by atoms with Crippen LogP contribution < -0.4 is 14.2 Å². The van der Waals surface area contributed by atoms with Gasteiger partial charge in [-0.2, -0.15) is 0 Å². The highest BCUT2D eigenvalue weighted by Crippen LogP contribution is 2.02. The summed E-state index contributed by atoms with van der Waals surface area (Å²) >= 11 is 1.88. The average molecular weight is 397 g/mol. The normalized spacial score (nSPS) is 13.6. The Kier molecular flexibility index (Phi) is 10.9. The van der Waals surface area contributed by atoms with Gasteiger partial charge in [0.15, 0.2) is 0 Å².